The lowest BCUT2D eigenvalue weighted by atomic mass is 10.1. The van der Waals surface area contributed by atoms with Gasteiger partial charge >= 0.3 is 0 Å². The first-order valence-electron chi connectivity index (χ1n) is 6.17. The number of aryl methyl sites for hydroxylation is 1. The Morgan fingerprint density at radius 3 is 2.67 bits per heavy atom. The van der Waals surface area contributed by atoms with Gasteiger partial charge in [0.15, 0.2) is 0 Å². The lowest BCUT2D eigenvalue weighted by Crippen LogP contribution is -2.11. The van der Waals surface area contributed by atoms with Crippen LogP contribution in [0.5, 0.6) is 5.75 Å². The van der Waals surface area contributed by atoms with Crippen molar-refractivity contribution in [2.75, 3.05) is 19.8 Å². The minimum absolute atomic E-state index is 0.240. The molecule has 0 radical (unpaired) electrons. The van der Waals surface area contributed by atoms with Crippen molar-refractivity contribution in [3.8, 4) is 17.6 Å². The second kappa shape index (κ2) is 7.75. The highest BCUT2D eigenvalue weighted by molar-refractivity contribution is 5.44. The Morgan fingerprint density at radius 1 is 1.28 bits per heavy atom. The van der Waals surface area contributed by atoms with Gasteiger partial charge in [0.25, 0.3) is 0 Å². The summed E-state index contributed by atoms with van der Waals surface area (Å²) in [6.07, 6.45) is 0.240. The number of rotatable bonds is 5. The molecule has 0 aromatic heterocycles. The third kappa shape index (κ3) is 5.22. The van der Waals surface area contributed by atoms with E-state index >= 15 is 0 Å². The van der Waals surface area contributed by atoms with E-state index in [2.05, 4.69) is 11.8 Å². The first-order chi connectivity index (χ1) is 8.63. The van der Waals surface area contributed by atoms with E-state index in [4.69, 9.17) is 15.2 Å². The van der Waals surface area contributed by atoms with Crippen molar-refractivity contribution >= 4 is 0 Å². The number of benzene rings is 1. The second-order valence-corrected chi connectivity index (χ2v) is 4.25. The fraction of sp³-hybridized carbons (Fsp3) is 0.467. The van der Waals surface area contributed by atoms with E-state index in [1.54, 1.807) is 0 Å². The van der Waals surface area contributed by atoms with Gasteiger partial charge in [0.05, 0.1) is 19.3 Å². The number of nitrogens with two attached hydrogens (primary N) is 1. The third-order valence-corrected chi connectivity index (χ3v) is 2.33. The topological polar surface area (TPSA) is 44.5 Å². The van der Waals surface area contributed by atoms with E-state index in [0.29, 0.717) is 19.8 Å². The van der Waals surface area contributed by atoms with Crippen molar-refractivity contribution in [1.82, 2.24) is 0 Å². The molecule has 0 amide bonds. The first-order valence-corrected chi connectivity index (χ1v) is 6.17. The Hall–Kier alpha value is -1.50. The lowest BCUT2D eigenvalue weighted by Gasteiger charge is -2.10. The van der Waals surface area contributed by atoms with Crippen LogP contribution in [0.4, 0.5) is 0 Å². The summed E-state index contributed by atoms with van der Waals surface area (Å²) in [5.74, 6) is 6.72. The average Bonchev–Trinajstić information content (AvgIpc) is 2.33. The van der Waals surface area contributed by atoms with Crippen LogP contribution in [-0.4, -0.2) is 25.9 Å². The Kier molecular flexibility index (Phi) is 6.27. The highest BCUT2D eigenvalue weighted by Crippen LogP contribution is 2.16. The average molecular weight is 247 g/mol. The largest absolute Gasteiger partial charge is 0.491 e. The van der Waals surface area contributed by atoms with Gasteiger partial charge in [0, 0.05) is 5.56 Å². The van der Waals surface area contributed by atoms with Crippen molar-refractivity contribution in [2.24, 2.45) is 5.73 Å². The molecule has 2 N–H and O–H groups in total. The smallest absolute Gasteiger partial charge is 0.119 e. The highest BCUT2D eigenvalue weighted by atomic mass is 16.5. The van der Waals surface area contributed by atoms with E-state index in [1.165, 1.54) is 0 Å². The Bertz CT molecular complexity index is 430. The van der Waals surface area contributed by atoms with Crippen LogP contribution >= 0.6 is 0 Å². The quantitative estimate of drug-likeness (QED) is 0.640. The van der Waals surface area contributed by atoms with Gasteiger partial charge in [-0.1, -0.05) is 11.8 Å². The molecule has 3 heteroatoms. The molecule has 0 bridgehead atoms. The van der Waals surface area contributed by atoms with Crippen molar-refractivity contribution in [3.05, 3.63) is 29.3 Å². The van der Waals surface area contributed by atoms with Crippen LogP contribution in [-0.2, 0) is 4.74 Å². The van der Waals surface area contributed by atoms with Gasteiger partial charge in [-0.05, 0) is 44.5 Å². The molecule has 0 aliphatic heterocycles. The predicted molar refractivity (Wildman–Crippen MR) is 73.7 cm³/mol. The second-order valence-electron chi connectivity index (χ2n) is 4.25. The molecular weight excluding hydrogens is 226 g/mol. The van der Waals surface area contributed by atoms with Crippen molar-refractivity contribution in [1.29, 1.82) is 0 Å². The normalized spacial score (nSPS) is 10.1. The van der Waals surface area contributed by atoms with Gasteiger partial charge in [-0.15, -0.1) is 0 Å². The monoisotopic (exact) mass is 247 g/mol. The molecule has 0 fully saturated rings. The van der Waals surface area contributed by atoms with Gasteiger partial charge in [0.2, 0.25) is 0 Å². The summed E-state index contributed by atoms with van der Waals surface area (Å²) in [6.45, 7) is 7.57. The lowest BCUT2D eigenvalue weighted by molar-refractivity contribution is 0.0552. The summed E-state index contributed by atoms with van der Waals surface area (Å²) in [5, 5.41) is 0. The summed E-state index contributed by atoms with van der Waals surface area (Å²) >= 11 is 0. The van der Waals surface area contributed by atoms with Crippen LogP contribution in [0.2, 0.25) is 0 Å². The molecule has 98 valence electrons. The van der Waals surface area contributed by atoms with Crippen LogP contribution in [0.3, 0.4) is 0 Å². The molecule has 0 saturated carbocycles. The molecular formula is C15H21NO2. The van der Waals surface area contributed by atoms with Crippen molar-refractivity contribution in [2.45, 2.75) is 26.9 Å². The summed E-state index contributed by atoms with van der Waals surface area (Å²) in [7, 11) is 0. The fourth-order valence-electron chi connectivity index (χ4n) is 1.46. The number of hydrogen-bond acceptors (Lipinski definition) is 3. The van der Waals surface area contributed by atoms with Gasteiger partial charge in [-0.2, -0.15) is 0 Å². The molecule has 3 nitrogen and oxygen atoms in total. The molecule has 0 atom stereocenters. The van der Waals surface area contributed by atoms with Crippen LogP contribution in [0.25, 0.3) is 0 Å². The van der Waals surface area contributed by atoms with Crippen LogP contribution < -0.4 is 10.5 Å². The van der Waals surface area contributed by atoms with Crippen LogP contribution in [0.1, 0.15) is 25.0 Å². The summed E-state index contributed by atoms with van der Waals surface area (Å²) in [5.41, 5.74) is 7.44. The standard InChI is InChI=1S/C15H21NO2/c1-12(2)17-9-10-18-15-7-6-14(5-4-8-16)13(3)11-15/h6-7,11-12H,8-10,16H2,1-3H3. The molecule has 0 aliphatic carbocycles. The zero-order chi connectivity index (χ0) is 13.4. The number of hydrogen-bond donors (Lipinski definition) is 1. The summed E-state index contributed by atoms with van der Waals surface area (Å²) < 4.78 is 11.0. The van der Waals surface area contributed by atoms with E-state index in [1.807, 2.05) is 39.0 Å². The SMILES string of the molecule is Cc1cc(OCCOC(C)C)ccc1C#CCN. The fourth-order valence-corrected chi connectivity index (χ4v) is 1.46. The Balaban J connectivity index is 2.51. The third-order valence-electron chi connectivity index (χ3n) is 2.33. The molecule has 0 aliphatic rings. The van der Waals surface area contributed by atoms with Gasteiger partial charge in [-0.25, -0.2) is 0 Å². The van der Waals surface area contributed by atoms with E-state index in [0.717, 1.165) is 16.9 Å². The zero-order valence-electron chi connectivity index (χ0n) is 11.3. The maximum absolute atomic E-state index is 5.60. The van der Waals surface area contributed by atoms with E-state index < -0.39 is 0 Å². The molecule has 0 saturated heterocycles. The van der Waals surface area contributed by atoms with Crippen molar-refractivity contribution < 1.29 is 9.47 Å². The zero-order valence-corrected chi connectivity index (χ0v) is 11.3. The highest BCUT2D eigenvalue weighted by Gasteiger charge is 1.99. The van der Waals surface area contributed by atoms with Crippen molar-refractivity contribution in [3.63, 3.8) is 0 Å². The minimum Gasteiger partial charge on any atom is -0.491 e. The molecule has 1 aromatic carbocycles. The molecule has 1 rings (SSSR count). The first kappa shape index (κ1) is 14.6. The van der Waals surface area contributed by atoms with Gasteiger partial charge in [-0.3, -0.25) is 0 Å². The van der Waals surface area contributed by atoms with Gasteiger partial charge in [0.1, 0.15) is 12.4 Å². The molecule has 0 unspecified atom stereocenters. The summed E-state index contributed by atoms with van der Waals surface area (Å²) in [6, 6.07) is 5.86. The molecule has 1 aromatic rings. The maximum atomic E-state index is 5.60. The van der Waals surface area contributed by atoms with E-state index in [9.17, 15) is 0 Å². The maximum Gasteiger partial charge on any atom is 0.119 e. The molecule has 0 spiro atoms. The van der Waals surface area contributed by atoms with E-state index in [-0.39, 0.29) is 6.10 Å². The Labute approximate surface area is 109 Å². The minimum atomic E-state index is 0.240. The molecule has 18 heavy (non-hydrogen) atoms. The number of ether oxygens (including phenoxy) is 2. The Morgan fingerprint density at radius 2 is 2.06 bits per heavy atom. The van der Waals surface area contributed by atoms with Gasteiger partial charge < -0.3 is 15.2 Å². The summed E-state index contributed by atoms with van der Waals surface area (Å²) in [4.78, 5) is 0. The predicted octanol–water partition coefficient (Wildman–Crippen LogP) is 2.11. The van der Waals surface area contributed by atoms with Crippen LogP contribution in [0.15, 0.2) is 18.2 Å². The molecule has 0 heterocycles. The van der Waals surface area contributed by atoms with Crippen LogP contribution in [0, 0.1) is 18.8 Å².